The van der Waals surface area contributed by atoms with Crippen LogP contribution in [0.25, 0.3) is 0 Å². The zero-order valence-corrected chi connectivity index (χ0v) is 11.4. The van der Waals surface area contributed by atoms with Gasteiger partial charge in [-0.3, -0.25) is 0 Å². The van der Waals surface area contributed by atoms with Crippen molar-refractivity contribution in [2.45, 2.75) is 29.2 Å². The molecule has 0 aromatic heterocycles. The standard InChI is InChI=1S/C15H15F2NS/c1-10(18)9-11-3-2-4-14(17)15(11)19-13-7-5-12(16)6-8-13/h2-8,10H,9,18H2,1H3. The van der Waals surface area contributed by atoms with Gasteiger partial charge >= 0.3 is 0 Å². The fourth-order valence-corrected chi connectivity index (χ4v) is 2.75. The van der Waals surface area contributed by atoms with Crippen LogP contribution in [0.5, 0.6) is 0 Å². The molecule has 2 aromatic carbocycles. The lowest BCUT2D eigenvalue weighted by molar-refractivity contribution is 0.592. The highest BCUT2D eigenvalue weighted by atomic mass is 32.2. The Kier molecular flexibility index (Phi) is 4.56. The molecule has 0 aliphatic carbocycles. The smallest absolute Gasteiger partial charge is 0.137 e. The van der Waals surface area contributed by atoms with Gasteiger partial charge in [0.05, 0.1) is 4.90 Å². The van der Waals surface area contributed by atoms with Crippen LogP contribution in [-0.2, 0) is 6.42 Å². The normalized spacial score (nSPS) is 12.4. The van der Waals surface area contributed by atoms with Gasteiger partial charge in [-0.2, -0.15) is 0 Å². The molecule has 100 valence electrons. The third-order valence-corrected chi connectivity index (χ3v) is 3.79. The number of hydrogen-bond acceptors (Lipinski definition) is 2. The molecule has 0 saturated heterocycles. The second-order valence-corrected chi connectivity index (χ2v) is 5.55. The van der Waals surface area contributed by atoms with Crippen LogP contribution in [-0.4, -0.2) is 6.04 Å². The van der Waals surface area contributed by atoms with Crippen LogP contribution in [0.15, 0.2) is 52.3 Å². The minimum Gasteiger partial charge on any atom is -0.328 e. The van der Waals surface area contributed by atoms with E-state index in [-0.39, 0.29) is 17.7 Å². The van der Waals surface area contributed by atoms with Crippen LogP contribution in [0, 0.1) is 11.6 Å². The van der Waals surface area contributed by atoms with E-state index in [2.05, 4.69) is 0 Å². The van der Waals surface area contributed by atoms with Crippen molar-refractivity contribution in [2.75, 3.05) is 0 Å². The molecule has 0 radical (unpaired) electrons. The van der Waals surface area contributed by atoms with Crippen LogP contribution < -0.4 is 5.73 Å². The first-order valence-corrected chi connectivity index (χ1v) is 6.84. The van der Waals surface area contributed by atoms with Crippen molar-refractivity contribution in [3.8, 4) is 0 Å². The molecule has 0 bridgehead atoms. The van der Waals surface area contributed by atoms with E-state index in [9.17, 15) is 8.78 Å². The monoisotopic (exact) mass is 279 g/mol. The molecular weight excluding hydrogens is 264 g/mol. The molecule has 1 unspecified atom stereocenters. The number of nitrogens with two attached hydrogens (primary N) is 1. The lowest BCUT2D eigenvalue weighted by atomic mass is 10.1. The van der Waals surface area contributed by atoms with Gasteiger partial charge in [0.2, 0.25) is 0 Å². The number of benzene rings is 2. The molecule has 0 fully saturated rings. The van der Waals surface area contributed by atoms with Crippen molar-refractivity contribution >= 4 is 11.8 Å². The Hall–Kier alpha value is -1.39. The summed E-state index contributed by atoms with van der Waals surface area (Å²) in [6.07, 6.45) is 0.612. The summed E-state index contributed by atoms with van der Waals surface area (Å²) in [7, 11) is 0. The number of halogens is 2. The summed E-state index contributed by atoms with van der Waals surface area (Å²) in [6, 6.07) is 11.0. The molecule has 0 aliphatic rings. The molecule has 0 saturated carbocycles. The second-order valence-electron chi connectivity index (χ2n) is 4.47. The highest BCUT2D eigenvalue weighted by molar-refractivity contribution is 7.99. The van der Waals surface area contributed by atoms with Gasteiger partial charge in [0.25, 0.3) is 0 Å². The molecule has 4 heteroatoms. The molecule has 2 N–H and O–H groups in total. The quantitative estimate of drug-likeness (QED) is 0.915. The average Bonchev–Trinajstić information content (AvgIpc) is 2.35. The highest BCUT2D eigenvalue weighted by Crippen LogP contribution is 2.33. The minimum atomic E-state index is -0.298. The van der Waals surface area contributed by atoms with Crippen molar-refractivity contribution in [1.82, 2.24) is 0 Å². The van der Waals surface area contributed by atoms with Crippen LogP contribution in [0.1, 0.15) is 12.5 Å². The lowest BCUT2D eigenvalue weighted by Crippen LogP contribution is -2.18. The van der Waals surface area contributed by atoms with E-state index < -0.39 is 0 Å². The van der Waals surface area contributed by atoms with E-state index in [4.69, 9.17) is 5.73 Å². The Balaban J connectivity index is 2.30. The van der Waals surface area contributed by atoms with Gasteiger partial charge in [0.1, 0.15) is 11.6 Å². The Labute approximate surface area is 115 Å². The van der Waals surface area contributed by atoms with E-state index in [1.54, 1.807) is 18.2 Å². The summed E-state index contributed by atoms with van der Waals surface area (Å²) in [4.78, 5) is 1.36. The van der Waals surface area contributed by atoms with Gasteiger partial charge in [0.15, 0.2) is 0 Å². The maximum absolute atomic E-state index is 13.9. The Morgan fingerprint density at radius 2 is 1.79 bits per heavy atom. The van der Waals surface area contributed by atoms with Crippen molar-refractivity contribution in [3.63, 3.8) is 0 Å². The third-order valence-electron chi connectivity index (χ3n) is 2.62. The number of hydrogen-bond donors (Lipinski definition) is 1. The minimum absolute atomic E-state index is 0.0330. The fourth-order valence-electron chi connectivity index (χ4n) is 1.80. The predicted octanol–water partition coefficient (Wildman–Crippen LogP) is 4.01. The van der Waals surface area contributed by atoms with Crippen molar-refractivity contribution in [2.24, 2.45) is 5.73 Å². The Morgan fingerprint density at radius 3 is 2.42 bits per heavy atom. The highest BCUT2D eigenvalue weighted by Gasteiger charge is 2.11. The summed E-state index contributed by atoms with van der Waals surface area (Å²) in [6.45, 7) is 1.89. The molecule has 0 amide bonds. The van der Waals surface area contributed by atoms with Crippen LogP contribution in [0.3, 0.4) is 0 Å². The maximum Gasteiger partial charge on any atom is 0.137 e. The third kappa shape index (κ3) is 3.78. The molecule has 2 rings (SSSR count). The van der Waals surface area contributed by atoms with E-state index in [0.717, 1.165) is 10.5 Å². The molecule has 19 heavy (non-hydrogen) atoms. The first-order chi connectivity index (χ1) is 9.06. The summed E-state index contributed by atoms with van der Waals surface area (Å²) in [5, 5.41) is 0. The van der Waals surface area contributed by atoms with Gasteiger partial charge in [-0.15, -0.1) is 0 Å². The Bertz CT molecular complexity index is 553. The van der Waals surface area contributed by atoms with Crippen molar-refractivity contribution in [1.29, 1.82) is 0 Å². The SMILES string of the molecule is CC(N)Cc1cccc(F)c1Sc1ccc(F)cc1. The molecule has 0 heterocycles. The maximum atomic E-state index is 13.9. The first kappa shape index (κ1) is 14.0. The van der Waals surface area contributed by atoms with Crippen LogP contribution in [0.4, 0.5) is 8.78 Å². The van der Waals surface area contributed by atoms with Crippen molar-refractivity contribution < 1.29 is 8.78 Å². The van der Waals surface area contributed by atoms with Gasteiger partial charge in [-0.1, -0.05) is 23.9 Å². The molecular formula is C15H15F2NS. The van der Waals surface area contributed by atoms with Gasteiger partial charge in [-0.05, 0) is 49.2 Å². The molecule has 2 aromatic rings. The fraction of sp³-hybridized carbons (Fsp3) is 0.200. The van der Waals surface area contributed by atoms with E-state index in [1.165, 1.54) is 30.0 Å². The zero-order valence-electron chi connectivity index (χ0n) is 10.6. The van der Waals surface area contributed by atoms with E-state index in [0.29, 0.717) is 11.3 Å². The van der Waals surface area contributed by atoms with Crippen LogP contribution in [0.2, 0.25) is 0 Å². The summed E-state index contributed by atoms with van der Waals surface area (Å²) in [5.41, 5.74) is 6.65. The first-order valence-electron chi connectivity index (χ1n) is 6.02. The lowest BCUT2D eigenvalue weighted by Gasteiger charge is -2.12. The topological polar surface area (TPSA) is 26.0 Å². The predicted molar refractivity (Wildman–Crippen MR) is 74.3 cm³/mol. The van der Waals surface area contributed by atoms with Gasteiger partial charge < -0.3 is 5.73 Å². The molecule has 1 nitrogen and oxygen atoms in total. The van der Waals surface area contributed by atoms with Gasteiger partial charge in [0, 0.05) is 10.9 Å². The second kappa shape index (κ2) is 6.17. The summed E-state index contributed by atoms with van der Waals surface area (Å²) in [5.74, 6) is -0.568. The van der Waals surface area contributed by atoms with Crippen molar-refractivity contribution in [3.05, 3.63) is 59.7 Å². The molecule has 0 spiro atoms. The molecule has 1 atom stereocenters. The number of rotatable bonds is 4. The van der Waals surface area contributed by atoms with Gasteiger partial charge in [-0.25, -0.2) is 8.78 Å². The van der Waals surface area contributed by atoms with Crippen LogP contribution >= 0.6 is 11.8 Å². The average molecular weight is 279 g/mol. The van der Waals surface area contributed by atoms with E-state index in [1.807, 2.05) is 13.0 Å². The summed E-state index contributed by atoms with van der Waals surface area (Å²) >= 11 is 1.29. The summed E-state index contributed by atoms with van der Waals surface area (Å²) < 4.78 is 26.8. The van der Waals surface area contributed by atoms with E-state index >= 15 is 0 Å². The Morgan fingerprint density at radius 1 is 1.11 bits per heavy atom. The molecule has 0 aliphatic heterocycles. The largest absolute Gasteiger partial charge is 0.328 e. The zero-order chi connectivity index (χ0) is 13.8.